The van der Waals surface area contributed by atoms with Gasteiger partial charge >= 0.3 is 0 Å². The van der Waals surface area contributed by atoms with E-state index in [1.165, 1.54) is 93.7 Å². The van der Waals surface area contributed by atoms with E-state index in [2.05, 4.69) is 172 Å². The smallest absolute Gasteiger partial charge is 0.0215 e. The van der Waals surface area contributed by atoms with Gasteiger partial charge in [-0.2, -0.15) is 0 Å². The predicted molar refractivity (Wildman–Crippen MR) is 203 cm³/mol. The molecule has 0 bridgehead atoms. The second-order valence-electron chi connectivity index (χ2n) is 14.1. The van der Waals surface area contributed by atoms with E-state index in [1.54, 1.807) is 0 Å². The van der Waals surface area contributed by atoms with Gasteiger partial charge in [0.15, 0.2) is 0 Å². The maximum atomic E-state index is 2.55. The summed E-state index contributed by atoms with van der Waals surface area (Å²) in [6.45, 7) is 13.8. The van der Waals surface area contributed by atoms with Crippen molar-refractivity contribution in [3.63, 3.8) is 0 Å². The average molecular weight is 767 g/mol. The van der Waals surface area contributed by atoms with Gasteiger partial charge in [-0.1, -0.05) is 90.1 Å². The van der Waals surface area contributed by atoms with E-state index in [9.17, 15) is 0 Å². The van der Waals surface area contributed by atoms with Crippen LogP contribution in [0.25, 0.3) is 75.4 Å². The molecule has 0 nitrogen and oxygen atoms in total. The van der Waals surface area contributed by atoms with Crippen molar-refractivity contribution in [1.82, 2.24) is 0 Å². The summed E-state index contributed by atoms with van der Waals surface area (Å²) in [6.07, 6.45) is 0. The van der Waals surface area contributed by atoms with Crippen LogP contribution in [0.2, 0.25) is 0 Å². The first-order valence-corrected chi connectivity index (χ1v) is 16.9. The molecule has 42 heavy (non-hydrogen) atoms. The van der Waals surface area contributed by atoms with Crippen LogP contribution in [0.15, 0.2) is 84.9 Å². The first-order chi connectivity index (χ1) is 19.9. The number of hydrogen-bond donors (Lipinski definition) is 0. The van der Waals surface area contributed by atoms with Gasteiger partial charge in [0.25, 0.3) is 0 Å². The van der Waals surface area contributed by atoms with Gasteiger partial charge in [0.1, 0.15) is 0 Å². The van der Waals surface area contributed by atoms with E-state index in [0.717, 1.165) is 0 Å². The van der Waals surface area contributed by atoms with Gasteiger partial charge in [-0.25, -0.2) is 0 Å². The Morgan fingerprint density at radius 2 is 0.714 bits per heavy atom. The van der Waals surface area contributed by atoms with E-state index in [-0.39, 0.29) is 10.8 Å². The highest BCUT2D eigenvalue weighted by atomic mass is 127. The fourth-order valence-electron chi connectivity index (χ4n) is 7.05. The third kappa shape index (κ3) is 3.83. The van der Waals surface area contributed by atoms with Crippen molar-refractivity contribution in [2.75, 3.05) is 0 Å². The second-order valence-corrected chi connectivity index (χ2v) is 16.4. The number of rotatable bonds is 0. The number of fused-ring (bicyclic) bond motifs is 8. The SMILES string of the molecule is CC(C)(C)c1ccc2c(c1)c(I)cc1c2cc2ccc3c4cc(I)c5cc(C(C)(C)C)ccc5c4cc4ccc1c2c43. The Balaban J connectivity index is 1.48. The monoisotopic (exact) mass is 766 g/mol. The molecular formula is C40H32I2. The van der Waals surface area contributed by atoms with Gasteiger partial charge in [0, 0.05) is 7.14 Å². The van der Waals surface area contributed by atoms with Crippen LogP contribution < -0.4 is 0 Å². The van der Waals surface area contributed by atoms with Crippen LogP contribution >= 0.6 is 45.2 Å². The number of halogens is 2. The molecule has 2 heteroatoms. The molecule has 0 fully saturated rings. The van der Waals surface area contributed by atoms with Crippen LogP contribution in [0, 0.1) is 7.14 Å². The number of hydrogen-bond acceptors (Lipinski definition) is 0. The van der Waals surface area contributed by atoms with Gasteiger partial charge in [0.05, 0.1) is 0 Å². The third-order valence-corrected chi connectivity index (χ3v) is 11.2. The quantitative estimate of drug-likeness (QED) is 0.0819. The summed E-state index contributed by atoms with van der Waals surface area (Å²) in [6, 6.07) is 33.3. The van der Waals surface area contributed by atoms with Crippen LogP contribution in [0.5, 0.6) is 0 Å². The Morgan fingerprint density at radius 3 is 1.10 bits per heavy atom. The molecule has 8 rings (SSSR count). The molecule has 0 aliphatic heterocycles. The van der Waals surface area contributed by atoms with Crippen molar-refractivity contribution in [3.05, 3.63) is 103 Å². The lowest BCUT2D eigenvalue weighted by Crippen LogP contribution is -2.10. The summed E-state index contributed by atoms with van der Waals surface area (Å²) in [5.41, 5.74) is 3.02. The van der Waals surface area contributed by atoms with E-state index < -0.39 is 0 Å². The maximum absolute atomic E-state index is 2.55. The molecule has 0 unspecified atom stereocenters. The van der Waals surface area contributed by atoms with Crippen LogP contribution in [0.4, 0.5) is 0 Å². The predicted octanol–water partition coefficient (Wildman–Crippen LogP) is 13.0. The van der Waals surface area contributed by atoms with Crippen molar-refractivity contribution in [2.24, 2.45) is 0 Å². The molecule has 0 radical (unpaired) electrons. The molecule has 0 aromatic heterocycles. The van der Waals surface area contributed by atoms with Crippen molar-refractivity contribution in [3.8, 4) is 0 Å². The van der Waals surface area contributed by atoms with Gasteiger partial charge in [-0.3, -0.25) is 0 Å². The highest BCUT2D eigenvalue weighted by Gasteiger charge is 2.20. The first-order valence-electron chi connectivity index (χ1n) is 14.7. The minimum absolute atomic E-state index is 0.125. The Bertz CT molecular complexity index is 2260. The van der Waals surface area contributed by atoms with Crippen LogP contribution in [0.3, 0.4) is 0 Å². The third-order valence-electron chi connectivity index (χ3n) is 9.39. The molecule has 0 atom stereocenters. The minimum atomic E-state index is 0.125. The normalized spacial score (nSPS) is 13.2. The largest absolute Gasteiger partial charge is 0.0578 e. The minimum Gasteiger partial charge on any atom is -0.0578 e. The van der Waals surface area contributed by atoms with Crippen LogP contribution in [-0.2, 0) is 10.8 Å². The highest BCUT2D eigenvalue weighted by Crippen LogP contribution is 2.45. The van der Waals surface area contributed by atoms with Gasteiger partial charge in [-0.15, -0.1) is 0 Å². The summed E-state index contributed by atoms with van der Waals surface area (Å²) in [4.78, 5) is 0. The molecule has 0 saturated heterocycles. The zero-order valence-electron chi connectivity index (χ0n) is 24.8. The van der Waals surface area contributed by atoms with Crippen molar-refractivity contribution >= 4 is 121 Å². The standard InChI is InChI=1S/C40H32I2/c1-39(2,3)23-9-13-25-29-15-21-7-12-28-32-20-36(42)34-18-24(40(4,5)6)10-14-26(34)30(32)16-22-8-11-27(37(21)38(22)28)31(29)19-35(41)33(25)17-23/h7-20H,1-6H3. The highest BCUT2D eigenvalue weighted by molar-refractivity contribution is 14.1. The zero-order valence-corrected chi connectivity index (χ0v) is 29.2. The summed E-state index contributed by atoms with van der Waals surface area (Å²) in [5, 5.41) is 18.9. The van der Waals surface area contributed by atoms with Crippen LogP contribution in [0.1, 0.15) is 52.7 Å². The summed E-state index contributed by atoms with van der Waals surface area (Å²) >= 11 is 5.09. The van der Waals surface area contributed by atoms with E-state index >= 15 is 0 Å². The molecule has 0 heterocycles. The molecule has 0 aliphatic carbocycles. The van der Waals surface area contributed by atoms with E-state index in [1.807, 2.05) is 0 Å². The van der Waals surface area contributed by atoms with Crippen molar-refractivity contribution in [1.29, 1.82) is 0 Å². The van der Waals surface area contributed by atoms with Crippen molar-refractivity contribution < 1.29 is 0 Å². The topological polar surface area (TPSA) is 0 Å². The van der Waals surface area contributed by atoms with Gasteiger partial charge < -0.3 is 0 Å². The lowest BCUT2D eigenvalue weighted by molar-refractivity contribution is 0.591. The van der Waals surface area contributed by atoms with Gasteiger partial charge in [-0.05, 0) is 179 Å². The first kappa shape index (κ1) is 26.9. The van der Waals surface area contributed by atoms with E-state index in [0.29, 0.717) is 0 Å². The Labute approximate surface area is 274 Å². The van der Waals surface area contributed by atoms with Gasteiger partial charge in [0.2, 0.25) is 0 Å². The Morgan fingerprint density at radius 1 is 0.357 bits per heavy atom. The molecule has 0 amide bonds. The molecule has 0 spiro atoms. The maximum Gasteiger partial charge on any atom is 0.0215 e. The van der Waals surface area contributed by atoms with Crippen molar-refractivity contribution in [2.45, 2.75) is 52.4 Å². The zero-order chi connectivity index (χ0) is 29.3. The summed E-state index contributed by atoms with van der Waals surface area (Å²) in [7, 11) is 0. The Hall–Kier alpha value is -2.70. The lowest BCUT2D eigenvalue weighted by Gasteiger charge is -2.21. The molecule has 8 aromatic rings. The molecular weight excluding hydrogens is 734 g/mol. The Kier molecular flexibility index (Phi) is 5.71. The molecule has 0 N–H and O–H groups in total. The van der Waals surface area contributed by atoms with Crippen LogP contribution in [-0.4, -0.2) is 0 Å². The fraction of sp³-hybridized carbons (Fsp3) is 0.200. The molecule has 206 valence electrons. The summed E-state index contributed by atoms with van der Waals surface area (Å²) in [5.74, 6) is 0. The second kappa shape index (κ2) is 8.92. The molecule has 0 saturated carbocycles. The van der Waals surface area contributed by atoms with E-state index in [4.69, 9.17) is 0 Å². The summed E-state index contributed by atoms with van der Waals surface area (Å²) < 4.78 is 2.63. The number of benzene rings is 8. The average Bonchev–Trinajstić information content (AvgIpc) is 2.95. The fourth-order valence-corrected chi connectivity index (χ4v) is 8.56. The lowest BCUT2D eigenvalue weighted by atomic mass is 9.83. The molecule has 8 aromatic carbocycles. The molecule has 0 aliphatic rings.